The van der Waals surface area contributed by atoms with Crippen molar-refractivity contribution in [3.8, 4) is 0 Å². The van der Waals surface area contributed by atoms with Crippen LogP contribution in [-0.4, -0.2) is 37.9 Å². The number of piperazine rings is 1. The molecule has 0 spiro atoms. The molecule has 2 atom stereocenters. The van der Waals surface area contributed by atoms with Crippen molar-refractivity contribution in [2.24, 2.45) is 0 Å². The molecular formula is C13H19FN2O2S. The van der Waals surface area contributed by atoms with Gasteiger partial charge in [-0.15, -0.1) is 0 Å². The zero-order chi connectivity index (χ0) is 14.0. The van der Waals surface area contributed by atoms with Gasteiger partial charge < -0.3 is 5.32 Å². The van der Waals surface area contributed by atoms with Gasteiger partial charge in [0.25, 0.3) is 0 Å². The van der Waals surface area contributed by atoms with Gasteiger partial charge in [-0.1, -0.05) is 12.1 Å². The Labute approximate surface area is 113 Å². The minimum atomic E-state index is -3.34. The lowest BCUT2D eigenvalue weighted by atomic mass is 10.2. The highest BCUT2D eigenvalue weighted by molar-refractivity contribution is 7.88. The number of nitrogens with zero attached hydrogens (tertiary/aromatic N) is 1. The molecule has 0 saturated carbocycles. The molecule has 0 amide bonds. The fourth-order valence-corrected chi connectivity index (χ4v) is 4.08. The molecule has 1 saturated heterocycles. The standard InChI is InChI=1S/C13H19FN2O2S/c1-10-7-16(8-11(2)15-10)19(17,18)9-12-3-5-13(14)6-4-12/h3-6,10-11,15H,7-9H2,1-2H3. The van der Waals surface area contributed by atoms with Crippen molar-refractivity contribution < 1.29 is 12.8 Å². The van der Waals surface area contributed by atoms with Crippen LogP contribution in [0.5, 0.6) is 0 Å². The fourth-order valence-electron chi connectivity index (χ4n) is 2.39. The largest absolute Gasteiger partial charge is 0.309 e. The van der Waals surface area contributed by atoms with Gasteiger partial charge in [-0.3, -0.25) is 0 Å². The summed E-state index contributed by atoms with van der Waals surface area (Å²) in [5, 5.41) is 3.30. The van der Waals surface area contributed by atoms with E-state index >= 15 is 0 Å². The van der Waals surface area contributed by atoms with Gasteiger partial charge in [0.05, 0.1) is 5.75 Å². The van der Waals surface area contributed by atoms with Crippen LogP contribution in [0.25, 0.3) is 0 Å². The summed E-state index contributed by atoms with van der Waals surface area (Å²) in [6.45, 7) is 4.90. The lowest BCUT2D eigenvalue weighted by Gasteiger charge is -2.35. The van der Waals surface area contributed by atoms with Gasteiger partial charge >= 0.3 is 0 Å². The van der Waals surface area contributed by atoms with E-state index in [9.17, 15) is 12.8 Å². The number of rotatable bonds is 3. The van der Waals surface area contributed by atoms with Crippen molar-refractivity contribution in [3.63, 3.8) is 0 Å². The average molecular weight is 286 g/mol. The van der Waals surface area contributed by atoms with Crippen LogP contribution in [0.2, 0.25) is 0 Å². The van der Waals surface area contributed by atoms with E-state index in [0.29, 0.717) is 18.7 Å². The van der Waals surface area contributed by atoms with Gasteiger partial charge in [0.1, 0.15) is 5.82 Å². The normalized spacial score (nSPS) is 25.4. The highest BCUT2D eigenvalue weighted by Gasteiger charge is 2.29. The molecule has 1 aliphatic heterocycles. The molecule has 6 heteroatoms. The maximum atomic E-state index is 12.8. The number of halogens is 1. The molecule has 0 bridgehead atoms. The summed E-state index contributed by atoms with van der Waals surface area (Å²) in [6.07, 6.45) is 0. The molecule has 0 radical (unpaired) electrons. The number of nitrogens with one attached hydrogen (secondary N) is 1. The van der Waals surface area contributed by atoms with E-state index in [4.69, 9.17) is 0 Å². The van der Waals surface area contributed by atoms with E-state index in [1.165, 1.54) is 28.6 Å². The zero-order valence-electron chi connectivity index (χ0n) is 11.1. The summed E-state index contributed by atoms with van der Waals surface area (Å²) in [4.78, 5) is 0. The predicted molar refractivity (Wildman–Crippen MR) is 72.7 cm³/mol. The number of hydrogen-bond donors (Lipinski definition) is 1. The Balaban J connectivity index is 2.11. The third-order valence-corrected chi connectivity index (χ3v) is 4.96. The Kier molecular flexibility index (Phi) is 4.23. The minimum Gasteiger partial charge on any atom is -0.309 e. The second-order valence-electron chi connectivity index (χ2n) is 5.17. The third kappa shape index (κ3) is 3.75. The molecule has 1 aromatic carbocycles. The first-order valence-electron chi connectivity index (χ1n) is 6.35. The topological polar surface area (TPSA) is 49.4 Å². The van der Waals surface area contributed by atoms with E-state index < -0.39 is 10.0 Å². The van der Waals surface area contributed by atoms with Crippen LogP contribution in [0.4, 0.5) is 4.39 Å². The smallest absolute Gasteiger partial charge is 0.218 e. The number of hydrogen-bond acceptors (Lipinski definition) is 3. The predicted octanol–water partition coefficient (Wildman–Crippen LogP) is 1.34. The molecule has 4 nitrogen and oxygen atoms in total. The summed E-state index contributed by atoms with van der Waals surface area (Å²) < 4.78 is 39.0. The third-order valence-electron chi connectivity index (χ3n) is 3.18. The number of benzene rings is 1. The molecule has 2 rings (SSSR count). The zero-order valence-corrected chi connectivity index (χ0v) is 12.0. The summed E-state index contributed by atoms with van der Waals surface area (Å²) in [5.74, 6) is -0.433. The SMILES string of the molecule is CC1CN(S(=O)(=O)Cc2ccc(F)cc2)CC(C)N1. The van der Waals surface area contributed by atoms with Crippen LogP contribution in [0.1, 0.15) is 19.4 Å². The first-order valence-corrected chi connectivity index (χ1v) is 7.96. The Morgan fingerprint density at radius 3 is 2.26 bits per heavy atom. The quantitative estimate of drug-likeness (QED) is 0.912. The molecule has 0 aliphatic carbocycles. The van der Waals surface area contributed by atoms with E-state index in [0.717, 1.165) is 0 Å². The maximum absolute atomic E-state index is 12.8. The Morgan fingerprint density at radius 2 is 1.74 bits per heavy atom. The molecule has 1 aromatic rings. The van der Waals surface area contributed by atoms with Gasteiger partial charge in [-0.2, -0.15) is 4.31 Å². The van der Waals surface area contributed by atoms with Crippen LogP contribution in [0, 0.1) is 5.82 Å². The molecule has 1 heterocycles. The van der Waals surface area contributed by atoms with Gasteiger partial charge in [-0.05, 0) is 31.5 Å². The molecule has 106 valence electrons. The second kappa shape index (κ2) is 5.56. The van der Waals surface area contributed by atoms with Crippen molar-refractivity contribution in [1.29, 1.82) is 0 Å². The van der Waals surface area contributed by atoms with E-state index in [-0.39, 0.29) is 23.7 Å². The molecule has 2 unspecified atom stereocenters. The van der Waals surface area contributed by atoms with Gasteiger partial charge in [0, 0.05) is 25.2 Å². The summed E-state index contributed by atoms with van der Waals surface area (Å²) in [6, 6.07) is 5.89. The van der Waals surface area contributed by atoms with Crippen LogP contribution >= 0.6 is 0 Å². The lowest BCUT2D eigenvalue weighted by molar-refractivity contribution is 0.262. The van der Waals surface area contributed by atoms with Gasteiger partial charge in [0.2, 0.25) is 10.0 Å². The number of sulfonamides is 1. The molecule has 1 fully saturated rings. The van der Waals surface area contributed by atoms with Gasteiger partial charge in [0.15, 0.2) is 0 Å². The van der Waals surface area contributed by atoms with Crippen molar-refractivity contribution in [2.75, 3.05) is 13.1 Å². The maximum Gasteiger partial charge on any atom is 0.218 e. The van der Waals surface area contributed by atoms with Crippen molar-refractivity contribution in [3.05, 3.63) is 35.6 Å². The molecule has 1 aliphatic rings. The van der Waals surface area contributed by atoms with Crippen LogP contribution in [0.15, 0.2) is 24.3 Å². The lowest BCUT2D eigenvalue weighted by Crippen LogP contribution is -2.55. The molecule has 19 heavy (non-hydrogen) atoms. The highest BCUT2D eigenvalue weighted by Crippen LogP contribution is 2.15. The van der Waals surface area contributed by atoms with Crippen molar-refractivity contribution >= 4 is 10.0 Å². The monoisotopic (exact) mass is 286 g/mol. The van der Waals surface area contributed by atoms with Crippen LogP contribution in [0.3, 0.4) is 0 Å². The average Bonchev–Trinajstić information content (AvgIpc) is 2.31. The Morgan fingerprint density at radius 1 is 1.21 bits per heavy atom. The van der Waals surface area contributed by atoms with E-state index in [1.807, 2.05) is 13.8 Å². The Hall–Kier alpha value is -0.980. The Bertz CT molecular complexity index is 520. The van der Waals surface area contributed by atoms with Crippen LogP contribution in [-0.2, 0) is 15.8 Å². The molecule has 1 N–H and O–H groups in total. The van der Waals surface area contributed by atoms with E-state index in [2.05, 4.69) is 5.32 Å². The first-order chi connectivity index (χ1) is 8.87. The van der Waals surface area contributed by atoms with Crippen LogP contribution < -0.4 is 5.32 Å². The highest BCUT2D eigenvalue weighted by atomic mass is 32.2. The minimum absolute atomic E-state index is 0.0767. The van der Waals surface area contributed by atoms with Crippen molar-refractivity contribution in [2.45, 2.75) is 31.7 Å². The fraction of sp³-hybridized carbons (Fsp3) is 0.538. The second-order valence-corrected chi connectivity index (χ2v) is 7.14. The first kappa shape index (κ1) is 14.4. The van der Waals surface area contributed by atoms with Gasteiger partial charge in [-0.25, -0.2) is 12.8 Å². The van der Waals surface area contributed by atoms with E-state index in [1.54, 1.807) is 0 Å². The summed E-state index contributed by atoms with van der Waals surface area (Å²) in [7, 11) is -3.34. The summed E-state index contributed by atoms with van der Waals surface area (Å²) in [5.41, 5.74) is 0.611. The van der Waals surface area contributed by atoms with Crippen molar-refractivity contribution in [1.82, 2.24) is 9.62 Å². The summed E-state index contributed by atoms with van der Waals surface area (Å²) >= 11 is 0. The molecular weight excluding hydrogens is 267 g/mol. The molecule has 0 aromatic heterocycles.